The largest absolute Gasteiger partial charge is 0.496 e. The van der Waals surface area contributed by atoms with E-state index in [1.54, 1.807) is 18.3 Å². The molecule has 0 bridgehead atoms. The Labute approximate surface area is 215 Å². The van der Waals surface area contributed by atoms with E-state index in [0.717, 1.165) is 50.6 Å². The number of hydrogen-bond acceptors (Lipinski definition) is 4. The summed E-state index contributed by atoms with van der Waals surface area (Å²) in [6, 6.07) is 20.0. The van der Waals surface area contributed by atoms with Crippen molar-refractivity contribution in [1.29, 1.82) is 0 Å². The highest BCUT2D eigenvalue weighted by Crippen LogP contribution is 2.49. The molecular formula is C32H37N3O. The molecule has 0 aromatic heterocycles. The van der Waals surface area contributed by atoms with E-state index in [2.05, 4.69) is 83.2 Å². The minimum atomic E-state index is 0.583. The van der Waals surface area contributed by atoms with Gasteiger partial charge in [0.05, 0.1) is 7.11 Å². The van der Waals surface area contributed by atoms with Gasteiger partial charge < -0.3 is 15.0 Å². The number of nitrogens with zero attached hydrogens (tertiary/aromatic N) is 2. The molecule has 2 unspecified atom stereocenters. The second kappa shape index (κ2) is 9.76. The van der Waals surface area contributed by atoms with Crippen LogP contribution in [0, 0.1) is 11.8 Å². The molecular weight excluding hydrogens is 442 g/mol. The number of methoxy groups -OCH3 is 1. The first kappa shape index (κ1) is 23.3. The topological polar surface area (TPSA) is 27.7 Å². The van der Waals surface area contributed by atoms with Crippen molar-refractivity contribution in [3.05, 3.63) is 83.4 Å². The Hall–Kier alpha value is -3.08. The molecule has 4 nitrogen and oxygen atoms in total. The van der Waals surface area contributed by atoms with Crippen LogP contribution < -0.4 is 10.1 Å². The van der Waals surface area contributed by atoms with Crippen molar-refractivity contribution in [2.75, 3.05) is 51.7 Å². The molecule has 1 fully saturated rings. The zero-order chi connectivity index (χ0) is 24.6. The molecule has 6 rings (SSSR count). The summed E-state index contributed by atoms with van der Waals surface area (Å²) in [5.74, 6) is 2.16. The smallest absolute Gasteiger partial charge is 0.128 e. The Balaban J connectivity index is 1.08. The van der Waals surface area contributed by atoms with Gasteiger partial charge in [-0.2, -0.15) is 0 Å². The maximum absolute atomic E-state index is 5.59. The van der Waals surface area contributed by atoms with Gasteiger partial charge in [-0.25, -0.2) is 0 Å². The van der Waals surface area contributed by atoms with Crippen LogP contribution in [0.25, 0.3) is 22.4 Å². The average molecular weight is 480 g/mol. The number of allylic oxidation sites excluding steroid dienone is 1. The number of hydrogen-bond donors (Lipinski definition) is 1. The monoisotopic (exact) mass is 479 g/mol. The Kier molecular flexibility index (Phi) is 6.32. The second-order valence-corrected chi connectivity index (χ2v) is 10.7. The zero-order valence-electron chi connectivity index (χ0n) is 21.6. The molecule has 4 heteroatoms. The summed E-state index contributed by atoms with van der Waals surface area (Å²) in [5, 5.41) is 6.39. The molecule has 2 heterocycles. The Bertz CT molecular complexity index is 1320. The summed E-state index contributed by atoms with van der Waals surface area (Å²) in [6.45, 7) is 14.2. The molecule has 3 aromatic rings. The summed E-state index contributed by atoms with van der Waals surface area (Å²) < 4.78 is 5.59. The molecule has 0 amide bonds. The van der Waals surface area contributed by atoms with Crippen molar-refractivity contribution >= 4 is 28.1 Å². The summed E-state index contributed by atoms with van der Waals surface area (Å²) in [5.41, 5.74) is 8.17. The lowest BCUT2D eigenvalue weighted by atomic mass is 9.83. The minimum Gasteiger partial charge on any atom is -0.496 e. The van der Waals surface area contributed by atoms with Gasteiger partial charge in [-0.1, -0.05) is 54.6 Å². The van der Waals surface area contributed by atoms with Crippen molar-refractivity contribution < 1.29 is 4.74 Å². The SMILES string of the molecule is C=Cc1cc2c(cc1OC)NCC1C2=C(C)CC1CN1CCN(Cc2ccc3ccccc3c2)CC1. The van der Waals surface area contributed by atoms with E-state index in [1.807, 2.05) is 6.08 Å². The minimum absolute atomic E-state index is 0.583. The third-order valence-corrected chi connectivity index (χ3v) is 8.54. The lowest BCUT2D eigenvalue weighted by Gasteiger charge is -2.38. The molecule has 0 saturated carbocycles. The van der Waals surface area contributed by atoms with Crippen LogP contribution in [0.5, 0.6) is 5.75 Å². The number of piperazine rings is 1. The van der Waals surface area contributed by atoms with Gasteiger partial charge in [-0.15, -0.1) is 0 Å². The summed E-state index contributed by atoms with van der Waals surface area (Å²) >= 11 is 0. The average Bonchev–Trinajstić information content (AvgIpc) is 3.23. The Morgan fingerprint density at radius 2 is 1.78 bits per heavy atom. The van der Waals surface area contributed by atoms with Gasteiger partial charge in [-0.05, 0) is 53.3 Å². The first-order chi connectivity index (χ1) is 17.6. The number of ether oxygens (including phenoxy) is 1. The second-order valence-electron chi connectivity index (χ2n) is 10.7. The van der Waals surface area contributed by atoms with E-state index in [-0.39, 0.29) is 0 Å². The lowest BCUT2D eigenvalue weighted by molar-refractivity contribution is 0.109. The van der Waals surface area contributed by atoms with Gasteiger partial charge in [0.1, 0.15) is 5.75 Å². The molecule has 3 aromatic carbocycles. The van der Waals surface area contributed by atoms with E-state index in [4.69, 9.17) is 4.74 Å². The standard InChI is InChI=1S/C32H37N3O/c1-4-24-17-28-30(18-31(24)36-3)33-19-29-27(15-22(2)32(28)29)21-35-13-11-34(12-14-35)20-23-9-10-25-7-5-6-8-26(25)16-23/h4-10,16-18,27,29,33H,1,11-15,19-21H2,2-3H3. The van der Waals surface area contributed by atoms with Crippen LogP contribution in [0.3, 0.4) is 0 Å². The predicted octanol–water partition coefficient (Wildman–Crippen LogP) is 6.14. The Morgan fingerprint density at radius 3 is 2.56 bits per heavy atom. The zero-order valence-corrected chi connectivity index (χ0v) is 21.6. The van der Waals surface area contributed by atoms with E-state index < -0.39 is 0 Å². The maximum Gasteiger partial charge on any atom is 0.128 e. The van der Waals surface area contributed by atoms with E-state index in [1.165, 1.54) is 40.6 Å². The third-order valence-electron chi connectivity index (χ3n) is 8.54. The Morgan fingerprint density at radius 1 is 1.00 bits per heavy atom. The molecule has 2 aliphatic heterocycles. The van der Waals surface area contributed by atoms with Crippen LogP contribution in [-0.4, -0.2) is 56.2 Å². The molecule has 36 heavy (non-hydrogen) atoms. The van der Waals surface area contributed by atoms with Gasteiger partial charge in [0.15, 0.2) is 0 Å². The van der Waals surface area contributed by atoms with Gasteiger partial charge in [0.2, 0.25) is 0 Å². The maximum atomic E-state index is 5.59. The van der Waals surface area contributed by atoms with Crippen molar-refractivity contribution in [1.82, 2.24) is 9.80 Å². The van der Waals surface area contributed by atoms with E-state index in [0.29, 0.717) is 11.8 Å². The molecule has 3 aliphatic rings. The van der Waals surface area contributed by atoms with Crippen LogP contribution in [0.2, 0.25) is 0 Å². The quantitative estimate of drug-likeness (QED) is 0.459. The summed E-state index contributed by atoms with van der Waals surface area (Å²) in [6.07, 6.45) is 3.11. The van der Waals surface area contributed by atoms with Gasteiger partial charge in [0, 0.05) is 74.6 Å². The molecule has 1 aliphatic carbocycles. The van der Waals surface area contributed by atoms with Crippen LogP contribution >= 0.6 is 0 Å². The van der Waals surface area contributed by atoms with Gasteiger partial charge in [-0.3, -0.25) is 4.90 Å². The highest BCUT2D eigenvalue weighted by molar-refractivity contribution is 5.86. The summed E-state index contributed by atoms with van der Waals surface area (Å²) in [7, 11) is 1.73. The number of nitrogens with one attached hydrogen (secondary N) is 1. The van der Waals surface area contributed by atoms with E-state index in [9.17, 15) is 0 Å². The summed E-state index contributed by atoms with van der Waals surface area (Å²) in [4.78, 5) is 5.32. The molecule has 2 atom stereocenters. The van der Waals surface area contributed by atoms with Crippen molar-refractivity contribution in [3.8, 4) is 5.75 Å². The van der Waals surface area contributed by atoms with Crippen LogP contribution in [-0.2, 0) is 6.54 Å². The normalized spacial score (nSPS) is 22.3. The fourth-order valence-electron chi connectivity index (χ4n) is 6.67. The van der Waals surface area contributed by atoms with Crippen molar-refractivity contribution in [2.45, 2.75) is 19.9 Å². The highest BCUT2D eigenvalue weighted by Gasteiger charge is 2.38. The fraction of sp³-hybridized carbons (Fsp3) is 0.375. The molecule has 0 radical (unpaired) electrons. The van der Waals surface area contributed by atoms with Crippen LogP contribution in [0.15, 0.2) is 66.7 Å². The number of anilines is 1. The van der Waals surface area contributed by atoms with Crippen molar-refractivity contribution in [2.24, 2.45) is 11.8 Å². The highest BCUT2D eigenvalue weighted by atomic mass is 16.5. The lowest BCUT2D eigenvalue weighted by Crippen LogP contribution is -2.48. The van der Waals surface area contributed by atoms with E-state index >= 15 is 0 Å². The first-order valence-corrected chi connectivity index (χ1v) is 13.3. The molecule has 186 valence electrons. The van der Waals surface area contributed by atoms with Gasteiger partial charge in [0.25, 0.3) is 0 Å². The van der Waals surface area contributed by atoms with Crippen molar-refractivity contribution in [3.63, 3.8) is 0 Å². The van der Waals surface area contributed by atoms with Crippen LogP contribution in [0.4, 0.5) is 5.69 Å². The number of fused-ring (bicyclic) bond motifs is 4. The fourth-order valence-corrected chi connectivity index (χ4v) is 6.67. The number of rotatable bonds is 6. The van der Waals surface area contributed by atoms with Gasteiger partial charge >= 0.3 is 0 Å². The third kappa shape index (κ3) is 4.33. The molecule has 1 N–H and O–H groups in total. The number of benzene rings is 3. The predicted molar refractivity (Wildman–Crippen MR) is 151 cm³/mol. The molecule has 0 spiro atoms. The van der Waals surface area contributed by atoms with Crippen LogP contribution in [0.1, 0.15) is 30.0 Å². The first-order valence-electron chi connectivity index (χ1n) is 13.3. The molecule has 1 saturated heterocycles.